The quantitative estimate of drug-likeness (QED) is 0.468. The Morgan fingerprint density at radius 2 is 1.64 bits per heavy atom. The van der Waals surface area contributed by atoms with Gasteiger partial charge in [-0.25, -0.2) is 0 Å². The van der Waals surface area contributed by atoms with E-state index in [2.05, 4.69) is 6.92 Å². The lowest BCUT2D eigenvalue weighted by Gasteiger charge is -2.32. The first kappa shape index (κ1) is 10.2. The second kappa shape index (κ2) is 3.86. The van der Waals surface area contributed by atoms with Crippen molar-refractivity contribution in [3.8, 4) is 0 Å². The maximum atomic E-state index is 5.98. The van der Waals surface area contributed by atoms with Gasteiger partial charge < -0.3 is 0 Å². The fraction of sp³-hybridized carbons (Fsp3) is 1.00. The zero-order valence-electron chi connectivity index (χ0n) is 6.62. The Labute approximate surface area is 83.3 Å². The van der Waals surface area contributed by atoms with Crippen molar-refractivity contribution in [2.45, 2.75) is 38.1 Å². The minimum atomic E-state index is -2.40. The molecule has 4 heteroatoms. The van der Waals surface area contributed by atoms with Gasteiger partial charge in [0.1, 0.15) is 0 Å². The van der Waals surface area contributed by atoms with Crippen LogP contribution in [0.25, 0.3) is 0 Å². The standard InChI is InChI=1S/C7H13Cl3Si/c1-6-4-2-3-5-7(6)11(8,9)10/h6-7H,2-5H2,1H3/t6-,7-/m0/s1. The molecule has 0 bridgehead atoms. The molecule has 0 unspecified atom stereocenters. The first-order valence-corrected chi connectivity index (χ1v) is 9.20. The molecule has 0 N–H and O–H groups in total. The SMILES string of the molecule is C[C@H]1CCCC[C@@H]1[Si](Cl)(Cl)Cl. The van der Waals surface area contributed by atoms with Crippen LogP contribution in [0.4, 0.5) is 0 Å². The lowest BCUT2D eigenvalue weighted by molar-refractivity contribution is 0.382. The zero-order valence-corrected chi connectivity index (χ0v) is 9.88. The van der Waals surface area contributed by atoms with Crippen molar-refractivity contribution >= 4 is 39.2 Å². The Morgan fingerprint density at radius 1 is 1.09 bits per heavy atom. The molecule has 1 aliphatic rings. The Bertz CT molecular complexity index is 132. The molecule has 1 aliphatic carbocycles. The van der Waals surface area contributed by atoms with Gasteiger partial charge in [-0.1, -0.05) is 26.2 Å². The average Bonchev–Trinajstić information content (AvgIpc) is 1.86. The van der Waals surface area contributed by atoms with Crippen molar-refractivity contribution in [3.05, 3.63) is 0 Å². The smallest absolute Gasteiger partial charge is 0.126 e. The number of hydrogen-bond acceptors (Lipinski definition) is 0. The lowest BCUT2D eigenvalue weighted by atomic mass is 9.90. The molecule has 0 saturated heterocycles. The van der Waals surface area contributed by atoms with Crippen molar-refractivity contribution in [2.24, 2.45) is 5.92 Å². The number of rotatable bonds is 1. The molecule has 0 spiro atoms. The maximum absolute atomic E-state index is 5.98. The third-order valence-electron chi connectivity index (χ3n) is 2.53. The highest BCUT2D eigenvalue weighted by molar-refractivity contribution is 7.65. The van der Waals surface area contributed by atoms with E-state index in [9.17, 15) is 0 Å². The van der Waals surface area contributed by atoms with Crippen LogP contribution in [-0.2, 0) is 0 Å². The Hall–Kier alpha value is 1.09. The van der Waals surface area contributed by atoms with E-state index in [0.29, 0.717) is 11.5 Å². The van der Waals surface area contributed by atoms with E-state index in [1.54, 1.807) is 0 Å². The van der Waals surface area contributed by atoms with Gasteiger partial charge in [0.2, 0.25) is 0 Å². The third kappa shape index (κ3) is 2.80. The predicted molar refractivity (Wildman–Crippen MR) is 54.7 cm³/mol. The molecule has 2 atom stereocenters. The third-order valence-corrected chi connectivity index (χ3v) is 6.75. The van der Waals surface area contributed by atoms with Crippen LogP contribution in [0.3, 0.4) is 0 Å². The van der Waals surface area contributed by atoms with Gasteiger partial charge in [0.25, 0.3) is 0 Å². The average molecular weight is 232 g/mol. The van der Waals surface area contributed by atoms with Crippen LogP contribution < -0.4 is 0 Å². The molecule has 1 fully saturated rings. The second-order valence-corrected chi connectivity index (χ2v) is 12.3. The van der Waals surface area contributed by atoms with E-state index in [4.69, 9.17) is 33.2 Å². The van der Waals surface area contributed by atoms with E-state index < -0.39 is 6.00 Å². The van der Waals surface area contributed by atoms with Crippen LogP contribution in [0.1, 0.15) is 32.6 Å². The van der Waals surface area contributed by atoms with Gasteiger partial charge in [-0.3, -0.25) is 0 Å². The largest absolute Gasteiger partial charge is 0.344 e. The summed E-state index contributed by atoms with van der Waals surface area (Å²) in [6.07, 6.45) is 4.93. The van der Waals surface area contributed by atoms with Crippen molar-refractivity contribution < 1.29 is 0 Å². The van der Waals surface area contributed by atoms with Gasteiger partial charge in [0, 0.05) is 0 Å². The highest BCUT2D eigenvalue weighted by Gasteiger charge is 2.40. The fourth-order valence-corrected chi connectivity index (χ4v) is 6.06. The summed E-state index contributed by atoms with van der Waals surface area (Å²) in [4.78, 5) is 0. The molecule has 0 aromatic carbocycles. The van der Waals surface area contributed by atoms with E-state index in [1.807, 2.05) is 0 Å². The van der Waals surface area contributed by atoms with Gasteiger partial charge in [-0.05, 0) is 17.9 Å². The van der Waals surface area contributed by atoms with E-state index in [0.717, 1.165) is 6.42 Å². The second-order valence-electron chi connectivity index (χ2n) is 3.41. The summed E-state index contributed by atoms with van der Waals surface area (Å²) < 4.78 is 0. The highest BCUT2D eigenvalue weighted by Crippen LogP contribution is 2.46. The predicted octanol–water partition coefficient (Wildman–Crippen LogP) is 4.22. The number of halogens is 3. The molecule has 0 aliphatic heterocycles. The topological polar surface area (TPSA) is 0 Å². The Balaban J connectivity index is 2.55. The summed E-state index contributed by atoms with van der Waals surface area (Å²) in [5.41, 5.74) is 0.404. The van der Waals surface area contributed by atoms with E-state index in [1.165, 1.54) is 19.3 Å². The first-order valence-electron chi connectivity index (χ1n) is 4.08. The van der Waals surface area contributed by atoms with Crippen LogP contribution in [-0.4, -0.2) is 6.00 Å². The number of hydrogen-bond donors (Lipinski definition) is 0. The van der Waals surface area contributed by atoms with Crippen molar-refractivity contribution in [2.75, 3.05) is 0 Å². The molecule has 0 radical (unpaired) electrons. The summed E-state index contributed by atoms with van der Waals surface area (Å²) in [5, 5.41) is 0. The first-order chi connectivity index (χ1) is 5.02. The molecule has 11 heavy (non-hydrogen) atoms. The molecule has 0 heterocycles. The molecule has 66 valence electrons. The van der Waals surface area contributed by atoms with E-state index in [-0.39, 0.29) is 0 Å². The minimum absolute atomic E-state index is 0.404. The van der Waals surface area contributed by atoms with Gasteiger partial charge in [0.15, 0.2) is 0 Å². The minimum Gasteiger partial charge on any atom is -0.126 e. The van der Waals surface area contributed by atoms with E-state index >= 15 is 0 Å². The molecular formula is C7H13Cl3Si. The highest BCUT2D eigenvalue weighted by atomic mass is 35.8. The van der Waals surface area contributed by atoms with Crippen LogP contribution >= 0.6 is 33.2 Å². The Morgan fingerprint density at radius 3 is 2.00 bits per heavy atom. The lowest BCUT2D eigenvalue weighted by Crippen LogP contribution is -2.28. The zero-order chi connectivity index (χ0) is 8.48. The van der Waals surface area contributed by atoms with Crippen molar-refractivity contribution in [1.29, 1.82) is 0 Å². The van der Waals surface area contributed by atoms with Gasteiger partial charge in [0.05, 0.1) is 0 Å². The fourth-order valence-electron chi connectivity index (χ4n) is 1.80. The van der Waals surface area contributed by atoms with Crippen LogP contribution in [0.15, 0.2) is 0 Å². The molecular weight excluding hydrogens is 219 g/mol. The summed E-state index contributed by atoms with van der Waals surface area (Å²) in [7, 11) is 0. The molecule has 0 nitrogen and oxygen atoms in total. The van der Waals surface area contributed by atoms with Crippen LogP contribution in [0.2, 0.25) is 5.54 Å². The van der Waals surface area contributed by atoms with Gasteiger partial charge in [-0.2, -0.15) is 0 Å². The normalized spacial score (nSPS) is 33.8. The summed E-state index contributed by atoms with van der Waals surface area (Å²) in [6.45, 7) is 2.21. The van der Waals surface area contributed by atoms with Crippen LogP contribution in [0.5, 0.6) is 0 Å². The summed E-state index contributed by atoms with van der Waals surface area (Å²) in [5.74, 6) is 0.628. The van der Waals surface area contributed by atoms with Crippen LogP contribution in [0, 0.1) is 5.92 Å². The van der Waals surface area contributed by atoms with Gasteiger partial charge in [-0.15, -0.1) is 33.2 Å². The molecule has 0 aromatic rings. The Kier molecular flexibility index (Phi) is 3.57. The van der Waals surface area contributed by atoms with Crippen molar-refractivity contribution in [1.82, 2.24) is 0 Å². The molecule has 0 aromatic heterocycles. The summed E-state index contributed by atoms with van der Waals surface area (Å²) in [6, 6.07) is -2.40. The maximum Gasteiger partial charge on any atom is 0.344 e. The molecule has 1 saturated carbocycles. The van der Waals surface area contributed by atoms with Gasteiger partial charge >= 0.3 is 6.00 Å². The molecule has 1 rings (SSSR count). The monoisotopic (exact) mass is 230 g/mol. The van der Waals surface area contributed by atoms with Crippen molar-refractivity contribution in [3.63, 3.8) is 0 Å². The molecule has 0 amide bonds. The summed E-state index contributed by atoms with van der Waals surface area (Å²) >= 11 is 17.9.